The second-order valence-electron chi connectivity index (χ2n) is 4.98. The predicted molar refractivity (Wildman–Crippen MR) is 76.9 cm³/mol. The Kier molecular flexibility index (Phi) is 4.36. The number of rotatable bonds is 5. The molecule has 1 unspecified atom stereocenters. The summed E-state index contributed by atoms with van der Waals surface area (Å²) in [5, 5.41) is 20.6. The molecule has 0 saturated heterocycles. The first kappa shape index (κ1) is 15.6. The molecule has 1 heterocycles. The van der Waals surface area contributed by atoms with Crippen molar-refractivity contribution in [2.24, 2.45) is 5.41 Å². The van der Waals surface area contributed by atoms with Crippen molar-refractivity contribution in [2.45, 2.75) is 26.8 Å². The van der Waals surface area contributed by atoms with Crippen molar-refractivity contribution in [3.63, 3.8) is 0 Å². The Bertz CT molecular complexity index is 676. The predicted octanol–water partition coefficient (Wildman–Crippen LogP) is 2.74. The number of aliphatic carboxylic acids is 1. The van der Waals surface area contributed by atoms with E-state index >= 15 is 0 Å². The zero-order valence-electron chi connectivity index (χ0n) is 11.5. The highest BCUT2D eigenvalue weighted by Crippen LogP contribution is 2.31. The van der Waals surface area contributed by atoms with Gasteiger partial charge in [0.1, 0.15) is 5.82 Å². The molecule has 0 aliphatic heterocycles. The molecule has 1 N–H and O–H groups in total. The molecular weight excluding hydrogens is 343 g/mol. The number of halogens is 2. The smallest absolute Gasteiger partial charge is 0.311 e. The molecule has 0 saturated carbocycles. The first-order chi connectivity index (χ1) is 9.89. The number of benzene rings is 1. The van der Waals surface area contributed by atoms with Gasteiger partial charge in [-0.05, 0) is 51.8 Å². The van der Waals surface area contributed by atoms with Crippen molar-refractivity contribution in [2.75, 3.05) is 0 Å². The van der Waals surface area contributed by atoms with E-state index in [4.69, 9.17) is 0 Å². The third-order valence-corrected chi connectivity index (χ3v) is 4.33. The van der Waals surface area contributed by atoms with Gasteiger partial charge >= 0.3 is 5.97 Å². The lowest BCUT2D eigenvalue weighted by molar-refractivity contribution is -0.149. The van der Waals surface area contributed by atoms with Gasteiger partial charge in [-0.3, -0.25) is 4.79 Å². The molecule has 1 aromatic carbocycles. The summed E-state index contributed by atoms with van der Waals surface area (Å²) in [5.41, 5.74) is -0.520. The molecular formula is C13H14BrFN4O2. The molecule has 0 aliphatic carbocycles. The van der Waals surface area contributed by atoms with Gasteiger partial charge < -0.3 is 5.11 Å². The van der Waals surface area contributed by atoms with Crippen LogP contribution in [0.25, 0.3) is 11.4 Å². The van der Waals surface area contributed by atoms with E-state index in [-0.39, 0.29) is 11.0 Å². The topological polar surface area (TPSA) is 80.9 Å². The number of hydrogen-bond donors (Lipinski definition) is 1. The van der Waals surface area contributed by atoms with Crippen LogP contribution in [-0.2, 0) is 11.3 Å². The maximum absolute atomic E-state index is 13.6. The van der Waals surface area contributed by atoms with Crippen molar-refractivity contribution in [3.8, 4) is 11.4 Å². The average molecular weight is 357 g/mol. The monoisotopic (exact) mass is 356 g/mol. The molecule has 21 heavy (non-hydrogen) atoms. The van der Waals surface area contributed by atoms with Crippen LogP contribution in [-0.4, -0.2) is 31.3 Å². The Morgan fingerprint density at radius 3 is 2.86 bits per heavy atom. The summed E-state index contributed by atoms with van der Waals surface area (Å²) in [5.74, 6) is -1.04. The maximum atomic E-state index is 13.6. The number of tetrazole rings is 1. The van der Waals surface area contributed by atoms with Crippen molar-refractivity contribution < 1.29 is 14.3 Å². The molecule has 0 aliphatic rings. The number of nitrogens with zero attached hydrogens (tertiary/aromatic N) is 4. The average Bonchev–Trinajstić information content (AvgIpc) is 2.89. The fourth-order valence-electron chi connectivity index (χ4n) is 1.84. The van der Waals surface area contributed by atoms with Gasteiger partial charge in [-0.2, -0.15) is 0 Å². The van der Waals surface area contributed by atoms with Gasteiger partial charge in [-0.25, -0.2) is 9.07 Å². The molecule has 112 valence electrons. The molecule has 0 radical (unpaired) electrons. The van der Waals surface area contributed by atoms with Crippen LogP contribution in [0.2, 0.25) is 0 Å². The fourth-order valence-corrected chi connectivity index (χ4v) is 2.28. The molecule has 2 aromatic rings. The standard InChI is InChI=1S/C13H14BrFN4O2/c1-3-13(2,12(20)21)7-19-11(16-17-18-19)8-5-4-6-9(15)10(8)14/h4-6H,3,7H2,1-2H3,(H,20,21). The van der Waals surface area contributed by atoms with Gasteiger partial charge in [0.15, 0.2) is 5.82 Å². The van der Waals surface area contributed by atoms with E-state index in [2.05, 4.69) is 31.5 Å². The normalized spacial score (nSPS) is 13.9. The van der Waals surface area contributed by atoms with E-state index in [9.17, 15) is 14.3 Å². The van der Waals surface area contributed by atoms with Crippen LogP contribution in [0, 0.1) is 11.2 Å². The third-order valence-electron chi connectivity index (χ3n) is 3.52. The summed E-state index contributed by atoms with van der Waals surface area (Å²) in [6, 6.07) is 4.53. The lowest BCUT2D eigenvalue weighted by atomic mass is 9.88. The number of aromatic nitrogens is 4. The maximum Gasteiger partial charge on any atom is 0.311 e. The van der Waals surface area contributed by atoms with Gasteiger partial charge in [0.05, 0.1) is 16.4 Å². The van der Waals surface area contributed by atoms with Crippen LogP contribution in [0.4, 0.5) is 4.39 Å². The molecule has 8 heteroatoms. The molecule has 2 rings (SSSR count). The van der Waals surface area contributed by atoms with Gasteiger partial charge in [-0.15, -0.1) is 5.10 Å². The number of hydrogen-bond acceptors (Lipinski definition) is 4. The molecule has 0 fully saturated rings. The van der Waals surface area contributed by atoms with E-state index in [1.165, 1.54) is 10.7 Å². The van der Waals surface area contributed by atoms with Crippen molar-refractivity contribution >= 4 is 21.9 Å². The Hall–Kier alpha value is -1.83. The minimum absolute atomic E-state index is 0.101. The Balaban J connectivity index is 2.44. The minimum Gasteiger partial charge on any atom is -0.481 e. The SMILES string of the molecule is CCC(C)(Cn1nnnc1-c1cccc(F)c1Br)C(=O)O. The first-order valence-electron chi connectivity index (χ1n) is 6.33. The van der Waals surface area contributed by atoms with E-state index in [0.29, 0.717) is 17.8 Å². The molecule has 1 aromatic heterocycles. The summed E-state index contributed by atoms with van der Waals surface area (Å²) < 4.78 is 15.2. The quantitative estimate of drug-likeness (QED) is 0.890. The first-order valence-corrected chi connectivity index (χ1v) is 7.12. The summed E-state index contributed by atoms with van der Waals surface area (Å²) in [6.45, 7) is 3.52. The summed E-state index contributed by atoms with van der Waals surface area (Å²) >= 11 is 3.16. The summed E-state index contributed by atoms with van der Waals surface area (Å²) in [6.07, 6.45) is 0.423. The second-order valence-corrected chi connectivity index (χ2v) is 5.77. The Morgan fingerprint density at radius 1 is 1.52 bits per heavy atom. The number of carboxylic acid groups (broad SMARTS) is 1. The molecule has 1 atom stereocenters. The molecule has 0 bridgehead atoms. The highest BCUT2D eigenvalue weighted by atomic mass is 79.9. The Morgan fingerprint density at radius 2 is 2.24 bits per heavy atom. The van der Waals surface area contributed by atoms with Crippen LogP contribution in [0.3, 0.4) is 0 Å². The van der Waals surface area contributed by atoms with Gasteiger partial charge in [0, 0.05) is 5.56 Å². The largest absolute Gasteiger partial charge is 0.481 e. The van der Waals surface area contributed by atoms with Gasteiger partial charge in [0.25, 0.3) is 0 Å². The number of carboxylic acids is 1. The third kappa shape index (κ3) is 2.94. The van der Waals surface area contributed by atoms with Crippen molar-refractivity contribution in [1.82, 2.24) is 20.2 Å². The molecule has 0 spiro atoms. The van der Waals surface area contributed by atoms with Crippen molar-refractivity contribution in [3.05, 3.63) is 28.5 Å². The summed E-state index contributed by atoms with van der Waals surface area (Å²) in [4.78, 5) is 11.4. The lowest BCUT2D eigenvalue weighted by Crippen LogP contribution is -2.32. The minimum atomic E-state index is -0.996. The van der Waals surface area contributed by atoms with E-state index < -0.39 is 17.2 Å². The zero-order valence-corrected chi connectivity index (χ0v) is 13.1. The fraction of sp³-hybridized carbons (Fsp3) is 0.385. The highest BCUT2D eigenvalue weighted by Gasteiger charge is 2.33. The Labute approximate surface area is 129 Å². The van der Waals surface area contributed by atoms with Crippen LogP contribution >= 0.6 is 15.9 Å². The van der Waals surface area contributed by atoms with Crippen LogP contribution in [0.1, 0.15) is 20.3 Å². The van der Waals surface area contributed by atoms with Gasteiger partial charge in [-0.1, -0.05) is 13.0 Å². The van der Waals surface area contributed by atoms with E-state index in [1.807, 2.05) is 0 Å². The van der Waals surface area contributed by atoms with Crippen LogP contribution < -0.4 is 0 Å². The van der Waals surface area contributed by atoms with Crippen LogP contribution in [0.15, 0.2) is 22.7 Å². The van der Waals surface area contributed by atoms with Crippen molar-refractivity contribution in [1.29, 1.82) is 0 Å². The highest BCUT2D eigenvalue weighted by molar-refractivity contribution is 9.10. The zero-order chi connectivity index (χ0) is 15.6. The second kappa shape index (κ2) is 5.88. The molecule has 0 amide bonds. The lowest BCUT2D eigenvalue weighted by Gasteiger charge is -2.22. The van der Waals surface area contributed by atoms with E-state index in [0.717, 1.165) is 0 Å². The molecule has 6 nitrogen and oxygen atoms in total. The van der Waals surface area contributed by atoms with Gasteiger partial charge in [0.2, 0.25) is 0 Å². The number of carbonyl (C=O) groups is 1. The summed E-state index contributed by atoms with van der Waals surface area (Å²) in [7, 11) is 0. The van der Waals surface area contributed by atoms with E-state index in [1.54, 1.807) is 26.0 Å². The van der Waals surface area contributed by atoms with Crippen LogP contribution in [0.5, 0.6) is 0 Å².